The molecule has 2 amide bonds. The first-order valence-electron chi connectivity index (χ1n) is 12.3. The third-order valence-electron chi connectivity index (χ3n) is 6.72. The number of carbonyl (C=O) groups excluding carboxylic acids is 1. The maximum absolute atomic E-state index is 13.2. The third kappa shape index (κ3) is 5.57. The normalized spacial score (nSPS) is 14.6. The summed E-state index contributed by atoms with van der Waals surface area (Å²) in [6, 6.07) is 24.9. The topological polar surface area (TPSA) is 53.2 Å². The Bertz CT molecular complexity index is 1040. The van der Waals surface area contributed by atoms with Crippen LogP contribution in [0, 0.1) is 5.92 Å². The lowest BCUT2D eigenvalue weighted by atomic mass is 10.0. The van der Waals surface area contributed by atoms with E-state index in [0.717, 1.165) is 42.6 Å². The van der Waals surface area contributed by atoms with Gasteiger partial charge in [-0.3, -0.25) is 0 Å². The number of para-hydroxylation sites is 2. The van der Waals surface area contributed by atoms with Crippen molar-refractivity contribution in [3.8, 4) is 11.1 Å². The minimum atomic E-state index is -0.146. The van der Waals surface area contributed by atoms with Gasteiger partial charge in [0.05, 0.1) is 0 Å². The summed E-state index contributed by atoms with van der Waals surface area (Å²) in [7, 11) is 0. The second-order valence-corrected chi connectivity index (χ2v) is 8.83. The van der Waals surface area contributed by atoms with Gasteiger partial charge in [-0.1, -0.05) is 93.4 Å². The largest absolute Gasteiger partial charge is 0.365 e. The van der Waals surface area contributed by atoms with E-state index in [1.165, 1.54) is 29.5 Å². The molecular formula is C29H35N3O. The molecule has 1 aliphatic carbocycles. The lowest BCUT2D eigenvalue weighted by Gasteiger charge is -2.28. The molecule has 1 fully saturated rings. The van der Waals surface area contributed by atoms with E-state index in [4.69, 9.17) is 0 Å². The SMILES string of the molecule is CCc1cccc(CC)c1NC(=O)NC(Nc1ccccc1-c1ccccc1)C1CCCC1. The lowest BCUT2D eigenvalue weighted by molar-refractivity contribution is 0.245. The van der Waals surface area contributed by atoms with Crippen molar-refractivity contribution >= 4 is 17.4 Å². The van der Waals surface area contributed by atoms with E-state index in [-0.39, 0.29) is 12.2 Å². The third-order valence-corrected chi connectivity index (χ3v) is 6.72. The summed E-state index contributed by atoms with van der Waals surface area (Å²) in [5, 5.41) is 10.1. The molecule has 0 aliphatic heterocycles. The molecule has 0 aromatic heterocycles. The molecule has 172 valence electrons. The highest BCUT2D eigenvalue weighted by Crippen LogP contribution is 2.32. The number of nitrogens with one attached hydrogen (secondary N) is 3. The van der Waals surface area contributed by atoms with Crippen LogP contribution in [-0.2, 0) is 12.8 Å². The fourth-order valence-electron chi connectivity index (χ4n) is 4.90. The van der Waals surface area contributed by atoms with Crippen LogP contribution >= 0.6 is 0 Å². The van der Waals surface area contributed by atoms with Crippen molar-refractivity contribution in [2.75, 3.05) is 10.6 Å². The standard InChI is InChI=1S/C29H35N3O/c1-3-21-17-12-18-22(4-2)27(21)31-29(33)32-28(24-15-8-9-16-24)30-26-20-11-10-19-25(26)23-13-6-5-7-14-23/h5-7,10-14,17-20,24,28,30H,3-4,8-9,15-16H2,1-2H3,(H2,31,32,33). The number of carbonyl (C=O) groups is 1. The molecule has 1 unspecified atom stereocenters. The minimum absolute atomic E-state index is 0.128. The molecule has 1 saturated carbocycles. The number of rotatable bonds is 8. The summed E-state index contributed by atoms with van der Waals surface area (Å²) in [5.74, 6) is 0.409. The van der Waals surface area contributed by atoms with Crippen molar-refractivity contribution in [2.45, 2.75) is 58.5 Å². The van der Waals surface area contributed by atoms with E-state index in [2.05, 4.69) is 90.5 Å². The van der Waals surface area contributed by atoms with Crippen molar-refractivity contribution in [2.24, 2.45) is 5.92 Å². The summed E-state index contributed by atoms with van der Waals surface area (Å²) in [4.78, 5) is 13.2. The molecule has 0 heterocycles. The zero-order valence-electron chi connectivity index (χ0n) is 19.7. The molecular weight excluding hydrogens is 406 g/mol. The van der Waals surface area contributed by atoms with Gasteiger partial charge in [0, 0.05) is 16.9 Å². The maximum Gasteiger partial charge on any atom is 0.320 e. The maximum atomic E-state index is 13.2. The Morgan fingerprint density at radius 3 is 2.15 bits per heavy atom. The minimum Gasteiger partial charge on any atom is -0.365 e. The molecule has 3 N–H and O–H groups in total. The molecule has 0 saturated heterocycles. The van der Waals surface area contributed by atoms with Crippen molar-refractivity contribution < 1.29 is 4.79 Å². The molecule has 0 radical (unpaired) electrons. The zero-order valence-corrected chi connectivity index (χ0v) is 19.7. The number of amides is 2. The van der Waals surface area contributed by atoms with Crippen molar-refractivity contribution in [3.63, 3.8) is 0 Å². The van der Waals surface area contributed by atoms with Gasteiger partial charge in [0.25, 0.3) is 0 Å². The van der Waals surface area contributed by atoms with Gasteiger partial charge in [0.1, 0.15) is 6.17 Å². The van der Waals surface area contributed by atoms with Crippen LogP contribution in [0.25, 0.3) is 11.1 Å². The highest BCUT2D eigenvalue weighted by atomic mass is 16.2. The van der Waals surface area contributed by atoms with E-state index in [1.54, 1.807) is 0 Å². The zero-order chi connectivity index (χ0) is 23.0. The van der Waals surface area contributed by atoms with Crippen molar-refractivity contribution in [3.05, 3.63) is 83.9 Å². The highest BCUT2D eigenvalue weighted by Gasteiger charge is 2.27. The Kier molecular flexibility index (Phi) is 7.66. The molecule has 1 aliphatic rings. The smallest absolute Gasteiger partial charge is 0.320 e. The summed E-state index contributed by atoms with van der Waals surface area (Å²) < 4.78 is 0. The van der Waals surface area contributed by atoms with Gasteiger partial charge in [0.2, 0.25) is 0 Å². The molecule has 3 aromatic carbocycles. The predicted octanol–water partition coefficient (Wildman–Crippen LogP) is 7.23. The predicted molar refractivity (Wildman–Crippen MR) is 139 cm³/mol. The Morgan fingerprint density at radius 2 is 1.48 bits per heavy atom. The van der Waals surface area contributed by atoms with Crippen LogP contribution in [0.15, 0.2) is 72.8 Å². The molecule has 4 rings (SSSR count). The van der Waals surface area contributed by atoms with E-state index >= 15 is 0 Å². The van der Waals surface area contributed by atoms with Gasteiger partial charge in [-0.05, 0) is 54.4 Å². The van der Waals surface area contributed by atoms with Crippen LogP contribution in [0.1, 0.15) is 50.7 Å². The summed E-state index contributed by atoms with van der Waals surface area (Å²) in [6.07, 6.45) is 6.32. The molecule has 1 atom stereocenters. The van der Waals surface area contributed by atoms with Gasteiger partial charge >= 0.3 is 6.03 Å². The monoisotopic (exact) mass is 441 g/mol. The van der Waals surface area contributed by atoms with Crippen LogP contribution in [0.4, 0.5) is 16.2 Å². The molecule has 33 heavy (non-hydrogen) atoms. The first-order chi connectivity index (χ1) is 16.2. The number of benzene rings is 3. The van der Waals surface area contributed by atoms with E-state index in [1.807, 2.05) is 12.1 Å². The molecule has 4 heteroatoms. The van der Waals surface area contributed by atoms with Crippen molar-refractivity contribution in [1.82, 2.24) is 5.32 Å². The lowest BCUT2D eigenvalue weighted by Crippen LogP contribution is -2.47. The number of urea groups is 1. The fourth-order valence-corrected chi connectivity index (χ4v) is 4.90. The van der Waals surface area contributed by atoms with Crippen LogP contribution in [0.3, 0.4) is 0 Å². The Hall–Kier alpha value is -3.27. The Balaban J connectivity index is 1.56. The fraction of sp³-hybridized carbons (Fsp3) is 0.345. The van der Waals surface area contributed by atoms with E-state index < -0.39 is 0 Å². The number of hydrogen-bond acceptors (Lipinski definition) is 2. The number of aryl methyl sites for hydroxylation is 2. The number of hydrogen-bond donors (Lipinski definition) is 3. The molecule has 0 spiro atoms. The number of anilines is 2. The first-order valence-corrected chi connectivity index (χ1v) is 12.3. The van der Waals surface area contributed by atoms with E-state index in [9.17, 15) is 4.79 Å². The summed E-state index contributed by atoms with van der Waals surface area (Å²) in [5.41, 5.74) is 6.65. The average Bonchev–Trinajstić information content (AvgIpc) is 3.40. The van der Waals surface area contributed by atoms with Gasteiger partial charge in [-0.15, -0.1) is 0 Å². The quantitative estimate of drug-likeness (QED) is 0.323. The van der Waals surface area contributed by atoms with Gasteiger partial charge in [0.15, 0.2) is 0 Å². The highest BCUT2D eigenvalue weighted by molar-refractivity contribution is 5.91. The second kappa shape index (κ2) is 11.0. The van der Waals surface area contributed by atoms with Crippen molar-refractivity contribution in [1.29, 1.82) is 0 Å². The second-order valence-electron chi connectivity index (χ2n) is 8.83. The molecule has 4 nitrogen and oxygen atoms in total. The van der Waals surface area contributed by atoms with Gasteiger partial charge < -0.3 is 16.0 Å². The van der Waals surface area contributed by atoms with Gasteiger partial charge in [-0.2, -0.15) is 0 Å². The van der Waals surface area contributed by atoms with Gasteiger partial charge in [-0.25, -0.2) is 4.79 Å². The molecule has 0 bridgehead atoms. The summed E-state index contributed by atoms with van der Waals surface area (Å²) >= 11 is 0. The van der Waals surface area contributed by atoms with Crippen LogP contribution in [0.2, 0.25) is 0 Å². The first kappa shape index (κ1) is 22.9. The summed E-state index contributed by atoms with van der Waals surface area (Å²) in [6.45, 7) is 4.25. The Morgan fingerprint density at radius 1 is 0.848 bits per heavy atom. The molecule has 3 aromatic rings. The van der Waals surface area contributed by atoms with Crippen LogP contribution in [0.5, 0.6) is 0 Å². The Labute approximate surface area is 197 Å². The van der Waals surface area contributed by atoms with E-state index in [0.29, 0.717) is 5.92 Å². The van der Waals surface area contributed by atoms with Crippen LogP contribution < -0.4 is 16.0 Å². The van der Waals surface area contributed by atoms with Crippen LogP contribution in [-0.4, -0.2) is 12.2 Å². The average molecular weight is 442 g/mol.